The van der Waals surface area contributed by atoms with Gasteiger partial charge in [-0.1, -0.05) is 0 Å². The molecule has 0 radical (unpaired) electrons. The van der Waals surface area contributed by atoms with Crippen LogP contribution in [0.5, 0.6) is 0 Å². The van der Waals surface area contributed by atoms with Crippen LogP contribution in [-0.2, 0) is 4.74 Å². The molecule has 0 spiro atoms. The highest BCUT2D eigenvalue weighted by molar-refractivity contribution is 5.67. The highest BCUT2D eigenvalue weighted by Crippen LogP contribution is 2.19. The second kappa shape index (κ2) is 6.41. The van der Waals surface area contributed by atoms with Gasteiger partial charge in [-0.05, 0) is 38.7 Å². The Hall–Kier alpha value is -1.66. The number of nitrogens with one attached hydrogen (secondary N) is 1. The summed E-state index contributed by atoms with van der Waals surface area (Å²) in [7, 11) is 0. The lowest BCUT2D eigenvalue weighted by Crippen LogP contribution is -2.31. The zero-order chi connectivity index (χ0) is 14.7. The van der Waals surface area contributed by atoms with Crippen LogP contribution >= 0.6 is 0 Å². The first-order valence-electron chi connectivity index (χ1n) is 7.64. The van der Waals surface area contributed by atoms with Crippen molar-refractivity contribution in [2.75, 3.05) is 18.5 Å². The van der Waals surface area contributed by atoms with Crippen molar-refractivity contribution in [3.8, 4) is 0 Å². The van der Waals surface area contributed by atoms with Crippen molar-refractivity contribution < 1.29 is 4.74 Å². The lowest BCUT2D eigenvalue weighted by Gasteiger charge is -2.26. The molecular formula is C15H23N5O. The highest BCUT2D eigenvalue weighted by atomic mass is 16.5. The van der Waals surface area contributed by atoms with Crippen LogP contribution in [0.3, 0.4) is 0 Å². The molecule has 6 heteroatoms. The summed E-state index contributed by atoms with van der Waals surface area (Å²) in [5.74, 6) is 0.854. The van der Waals surface area contributed by atoms with E-state index in [1.807, 2.05) is 23.7 Å². The van der Waals surface area contributed by atoms with E-state index in [1.165, 1.54) is 0 Å². The zero-order valence-electron chi connectivity index (χ0n) is 12.5. The molecule has 1 aliphatic rings. The highest BCUT2D eigenvalue weighted by Gasteiger charge is 2.18. The minimum Gasteiger partial charge on any atom is -0.376 e. The number of hydrogen-bond donors (Lipinski definition) is 2. The molecule has 0 unspecified atom stereocenters. The molecule has 3 rings (SSSR count). The SMILES string of the molecule is Cc1cc2c(NCCOC3CCC(N)CC3)nccn2n1. The lowest BCUT2D eigenvalue weighted by atomic mass is 9.94. The van der Waals surface area contributed by atoms with Gasteiger partial charge >= 0.3 is 0 Å². The van der Waals surface area contributed by atoms with E-state index in [9.17, 15) is 0 Å². The third-order valence-corrected chi connectivity index (χ3v) is 3.98. The van der Waals surface area contributed by atoms with Crippen molar-refractivity contribution in [2.45, 2.75) is 44.8 Å². The average Bonchev–Trinajstić information content (AvgIpc) is 2.86. The molecule has 21 heavy (non-hydrogen) atoms. The largest absolute Gasteiger partial charge is 0.376 e. The Morgan fingerprint density at radius 3 is 3.00 bits per heavy atom. The van der Waals surface area contributed by atoms with E-state index in [0.717, 1.165) is 49.3 Å². The second-order valence-electron chi connectivity index (χ2n) is 5.73. The lowest BCUT2D eigenvalue weighted by molar-refractivity contribution is 0.0313. The minimum absolute atomic E-state index is 0.368. The van der Waals surface area contributed by atoms with Gasteiger partial charge in [0.15, 0.2) is 5.82 Å². The maximum Gasteiger partial charge on any atom is 0.152 e. The number of aromatic nitrogens is 3. The number of ether oxygens (including phenoxy) is 1. The van der Waals surface area contributed by atoms with Gasteiger partial charge in [0.05, 0.1) is 18.4 Å². The predicted molar refractivity (Wildman–Crippen MR) is 82.4 cm³/mol. The van der Waals surface area contributed by atoms with Crippen LogP contribution in [0.25, 0.3) is 5.52 Å². The molecule has 6 nitrogen and oxygen atoms in total. The molecule has 2 aromatic rings. The molecule has 0 aliphatic heterocycles. The van der Waals surface area contributed by atoms with E-state index in [0.29, 0.717) is 18.8 Å². The molecular weight excluding hydrogens is 266 g/mol. The molecule has 0 bridgehead atoms. The van der Waals surface area contributed by atoms with Crippen LogP contribution in [0.4, 0.5) is 5.82 Å². The second-order valence-corrected chi connectivity index (χ2v) is 5.73. The van der Waals surface area contributed by atoms with Gasteiger partial charge in [0.2, 0.25) is 0 Å². The van der Waals surface area contributed by atoms with Gasteiger partial charge in [-0.3, -0.25) is 0 Å². The van der Waals surface area contributed by atoms with Gasteiger partial charge in [0, 0.05) is 25.0 Å². The predicted octanol–water partition coefficient (Wildman–Crippen LogP) is 1.74. The van der Waals surface area contributed by atoms with Crippen molar-refractivity contribution >= 4 is 11.3 Å². The first-order chi connectivity index (χ1) is 10.2. The monoisotopic (exact) mass is 289 g/mol. The molecule has 0 amide bonds. The van der Waals surface area contributed by atoms with Gasteiger partial charge in [0.25, 0.3) is 0 Å². The number of anilines is 1. The number of nitrogens with two attached hydrogens (primary N) is 1. The average molecular weight is 289 g/mol. The summed E-state index contributed by atoms with van der Waals surface area (Å²) in [5, 5.41) is 7.70. The molecule has 0 atom stereocenters. The molecule has 3 N–H and O–H groups in total. The van der Waals surface area contributed by atoms with Crippen molar-refractivity contribution in [3.63, 3.8) is 0 Å². The molecule has 1 saturated carbocycles. The summed E-state index contributed by atoms with van der Waals surface area (Å²) in [6.07, 6.45) is 8.29. The third-order valence-electron chi connectivity index (χ3n) is 3.98. The summed E-state index contributed by atoms with van der Waals surface area (Å²) < 4.78 is 7.74. The van der Waals surface area contributed by atoms with E-state index in [2.05, 4.69) is 15.4 Å². The normalized spacial score (nSPS) is 22.6. The Labute approximate surface area is 124 Å². The van der Waals surface area contributed by atoms with E-state index in [4.69, 9.17) is 10.5 Å². The first kappa shape index (κ1) is 14.3. The van der Waals surface area contributed by atoms with Gasteiger partial charge in [-0.25, -0.2) is 9.50 Å². The Morgan fingerprint density at radius 2 is 2.19 bits per heavy atom. The van der Waals surface area contributed by atoms with Crippen LogP contribution in [0.1, 0.15) is 31.4 Å². The van der Waals surface area contributed by atoms with Crippen LogP contribution in [0.2, 0.25) is 0 Å². The van der Waals surface area contributed by atoms with Crippen molar-refractivity contribution in [2.24, 2.45) is 5.73 Å². The molecule has 0 saturated heterocycles. The maximum absolute atomic E-state index is 5.90. The Bertz CT molecular complexity index is 589. The zero-order valence-corrected chi connectivity index (χ0v) is 12.5. The maximum atomic E-state index is 5.90. The van der Waals surface area contributed by atoms with Crippen LogP contribution < -0.4 is 11.1 Å². The van der Waals surface area contributed by atoms with Gasteiger partial charge < -0.3 is 15.8 Å². The molecule has 0 aromatic carbocycles. The topological polar surface area (TPSA) is 77.5 Å². The smallest absolute Gasteiger partial charge is 0.152 e. The number of rotatable bonds is 5. The van der Waals surface area contributed by atoms with Gasteiger partial charge in [-0.15, -0.1) is 0 Å². The number of fused-ring (bicyclic) bond motifs is 1. The number of aryl methyl sites for hydroxylation is 1. The fourth-order valence-corrected chi connectivity index (χ4v) is 2.83. The Balaban J connectivity index is 1.48. The van der Waals surface area contributed by atoms with Crippen LogP contribution in [0, 0.1) is 6.92 Å². The third kappa shape index (κ3) is 3.51. The fraction of sp³-hybridized carbons (Fsp3) is 0.600. The van der Waals surface area contributed by atoms with E-state index in [-0.39, 0.29) is 0 Å². The van der Waals surface area contributed by atoms with Crippen LogP contribution in [0.15, 0.2) is 18.5 Å². The Kier molecular flexibility index (Phi) is 4.36. The summed E-state index contributed by atoms with van der Waals surface area (Å²) in [6.45, 7) is 3.42. The van der Waals surface area contributed by atoms with Gasteiger partial charge in [-0.2, -0.15) is 5.10 Å². The molecule has 2 aromatic heterocycles. The summed E-state index contributed by atoms with van der Waals surface area (Å²) >= 11 is 0. The molecule has 2 heterocycles. The quantitative estimate of drug-likeness (QED) is 0.820. The summed E-state index contributed by atoms with van der Waals surface area (Å²) in [4.78, 5) is 4.37. The van der Waals surface area contributed by atoms with Crippen molar-refractivity contribution in [3.05, 3.63) is 24.2 Å². The van der Waals surface area contributed by atoms with E-state index in [1.54, 1.807) is 6.20 Å². The van der Waals surface area contributed by atoms with E-state index < -0.39 is 0 Å². The fourth-order valence-electron chi connectivity index (χ4n) is 2.83. The van der Waals surface area contributed by atoms with E-state index >= 15 is 0 Å². The summed E-state index contributed by atoms with van der Waals surface area (Å²) in [6, 6.07) is 2.40. The van der Waals surface area contributed by atoms with Crippen LogP contribution in [-0.4, -0.2) is 39.9 Å². The first-order valence-corrected chi connectivity index (χ1v) is 7.64. The summed E-state index contributed by atoms with van der Waals surface area (Å²) in [5.41, 5.74) is 7.88. The molecule has 114 valence electrons. The number of nitrogens with zero attached hydrogens (tertiary/aromatic N) is 3. The standard InChI is InChI=1S/C15H23N5O/c1-11-10-14-15(17-6-8-20(14)19-11)18-7-9-21-13-4-2-12(16)3-5-13/h6,8,10,12-13H,2-5,7,9,16H2,1H3,(H,17,18). The molecule has 1 aliphatic carbocycles. The molecule has 1 fully saturated rings. The van der Waals surface area contributed by atoms with Crippen molar-refractivity contribution in [1.29, 1.82) is 0 Å². The Morgan fingerprint density at radius 1 is 1.38 bits per heavy atom. The number of hydrogen-bond acceptors (Lipinski definition) is 5. The van der Waals surface area contributed by atoms with Crippen molar-refractivity contribution in [1.82, 2.24) is 14.6 Å². The van der Waals surface area contributed by atoms with Gasteiger partial charge in [0.1, 0.15) is 5.52 Å². The minimum atomic E-state index is 0.368.